The quantitative estimate of drug-likeness (QED) is 0.388. The number of aromatic amines is 1. The number of carbonyl (C=O) groups excluding carboxylic acids is 1. The minimum atomic E-state index is -4.49. The third-order valence-electron chi connectivity index (χ3n) is 6.32. The Bertz CT molecular complexity index is 1540. The van der Waals surface area contributed by atoms with Gasteiger partial charge in [-0.2, -0.15) is 18.3 Å². The molecule has 1 unspecified atom stereocenters. The first kappa shape index (κ1) is 24.4. The van der Waals surface area contributed by atoms with Crippen molar-refractivity contribution in [1.82, 2.24) is 20.1 Å². The minimum Gasteiger partial charge on any atom is -0.365 e. The lowest BCUT2D eigenvalue weighted by Gasteiger charge is -2.18. The fraction of sp³-hybridized carbons (Fsp3) is 0.231. The van der Waals surface area contributed by atoms with Crippen LogP contribution < -0.4 is 10.9 Å². The van der Waals surface area contributed by atoms with Gasteiger partial charge in [-0.3, -0.25) is 9.59 Å². The number of benzene rings is 2. The summed E-state index contributed by atoms with van der Waals surface area (Å²) in [6, 6.07) is 12.7. The zero-order chi connectivity index (χ0) is 26.2. The van der Waals surface area contributed by atoms with Gasteiger partial charge in [0.15, 0.2) is 0 Å². The van der Waals surface area contributed by atoms with Crippen molar-refractivity contribution >= 4 is 22.5 Å². The molecule has 1 saturated heterocycles. The van der Waals surface area contributed by atoms with Gasteiger partial charge in [0.2, 0.25) is 0 Å². The van der Waals surface area contributed by atoms with Crippen LogP contribution in [0.25, 0.3) is 10.8 Å². The predicted octanol–water partition coefficient (Wildman–Crippen LogP) is 4.39. The van der Waals surface area contributed by atoms with E-state index in [0.717, 1.165) is 18.3 Å². The number of H-pyrrole nitrogens is 1. The molecule has 37 heavy (non-hydrogen) atoms. The Morgan fingerprint density at radius 1 is 1.11 bits per heavy atom. The second kappa shape index (κ2) is 9.64. The molecule has 1 aliphatic rings. The van der Waals surface area contributed by atoms with E-state index in [1.807, 2.05) is 0 Å². The van der Waals surface area contributed by atoms with Crippen molar-refractivity contribution in [2.75, 3.05) is 18.4 Å². The van der Waals surface area contributed by atoms with E-state index < -0.39 is 23.5 Å². The molecule has 0 radical (unpaired) electrons. The van der Waals surface area contributed by atoms with Crippen molar-refractivity contribution in [3.8, 4) is 0 Å². The number of halogens is 4. The normalized spacial score (nSPS) is 15.8. The molecule has 0 bridgehead atoms. The molecule has 5 rings (SSSR count). The molecule has 3 heterocycles. The van der Waals surface area contributed by atoms with E-state index in [1.165, 1.54) is 17.0 Å². The number of pyridine rings is 1. The van der Waals surface area contributed by atoms with Gasteiger partial charge in [0.1, 0.15) is 11.6 Å². The highest BCUT2D eigenvalue weighted by Gasteiger charge is 2.32. The Morgan fingerprint density at radius 2 is 1.89 bits per heavy atom. The van der Waals surface area contributed by atoms with E-state index in [0.29, 0.717) is 35.0 Å². The Kier molecular flexibility index (Phi) is 6.36. The van der Waals surface area contributed by atoms with E-state index in [1.54, 1.807) is 30.3 Å². The summed E-state index contributed by atoms with van der Waals surface area (Å²) >= 11 is 0. The van der Waals surface area contributed by atoms with Crippen LogP contribution in [0.3, 0.4) is 0 Å². The maximum atomic E-state index is 14.7. The number of amides is 1. The van der Waals surface area contributed by atoms with Gasteiger partial charge in [0.25, 0.3) is 11.5 Å². The third kappa shape index (κ3) is 5.16. The lowest BCUT2D eigenvalue weighted by Crippen LogP contribution is -2.32. The fourth-order valence-electron chi connectivity index (χ4n) is 4.47. The number of alkyl halides is 3. The summed E-state index contributed by atoms with van der Waals surface area (Å²) in [5.74, 6) is -1.13. The van der Waals surface area contributed by atoms with Crippen molar-refractivity contribution < 1.29 is 22.4 Å². The summed E-state index contributed by atoms with van der Waals surface area (Å²) in [6.07, 6.45) is -2.68. The first-order chi connectivity index (χ1) is 17.7. The maximum Gasteiger partial charge on any atom is 0.416 e. The zero-order valence-electron chi connectivity index (χ0n) is 19.3. The number of nitrogens with one attached hydrogen (secondary N) is 2. The average Bonchev–Trinajstić information content (AvgIpc) is 3.34. The third-order valence-corrected chi connectivity index (χ3v) is 6.32. The SMILES string of the molecule is O=C(c1cc(Cc2n[nH]c(=O)c3ccccc23)ccc1F)N1CCC(Nc2cc(C(F)(F)F)ccn2)C1. The summed E-state index contributed by atoms with van der Waals surface area (Å²) in [5, 5.41) is 10.7. The number of likely N-dealkylation sites (tertiary alicyclic amines) is 1. The zero-order valence-corrected chi connectivity index (χ0v) is 19.3. The van der Waals surface area contributed by atoms with Crippen LogP contribution >= 0.6 is 0 Å². The minimum absolute atomic E-state index is 0.0583. The van der Waals surface area contributed by atoms with E-state index >= 15 is 0 Å². The molecule has 1 amide bonds. The number of rotatable bonds is 5. The summed E-state index contributed by atoms with van der Waals surface area (Å²) in [4.78, 5) is 30.6. The van der Waals surface area contributed by atoms with E-state index in [9.17, 15) is 27.2 Å². The number of nitrogens with zero attached hydrogens (tertiary/aromatic N) is 3. The molecule has 2 N–H and O–H groups in total. The van der Waals surface area contributed by atoms with Gasteiger partial charge in [0, 0.05) is 37.1 Å². The second-order valence-corrected chi connectivity index (χ2v) is 8.84. The van der Waals surface area contributed by atoms with E-state index in [4.69, 9.17) is 0 Å². The monoisotopic (exact) mass is 511 g/mol. The van der Waals surface area contributed by atoms with E-state index in [2.05, 4.69) is 20.5 Å². The van der Waals surface area contributed by atoms with Crippen molar-refractivity contribution in [2.45, 2.75) is 25.1 Å². The molecular weight excluding hydrogens is 490 g/mol. The van der Waals surface area contributed by atoms with Crippen molar-refractivity contribution in [1.29, 1.82) is 0 Å². The van der Waals surface area contributed by atoms with Crippen molar-refractivity contribution in [3.05, 3.63) is 99.3 Å². The highest BCUT2D eigenvalue weighted by atomic mass is 19.4. The summed E-state index contributed by atoms with van der Waals surface area (Å²) in [7, 11) is 0. The number of carbonyl (C=O) groups is 1. The van der Waals surface area contributed by atoms with Crippen LogP contribution in [-0.2, 0) is 12.6 Å². The van der Waals surface area contributed by atoms with Gasteiger partial charge < -0.3 is 10.2 Å². The number of anilines is 1. The second-order valence-electron chi connectivity index (χ2n) is 8.84. The number of hydrogen-bond acceptors (Lipinski definition) is 5. The molecular formula is C26H21F4N5O2. The maximum absolute atomic E-state index is 14.7. The predicted molar refractivity (Wildman–Crippen MR) is 129 cm³/mol. The highest BCUT2D eigenvalue weighted by molar-refractivity contribution is 5.95. The summed E-state index contributed by atoms with van der Waals surface area (Å²) < 4.78 is 53.6. The van der Waals surface area contributed by atoms with Crippen LogP contribution in [0.1, 0.15) is 33.6 Å². The smallest absolute Gasteiger partial charge is 0.365 e. The van der Waals surface area contributed by atoms with Crippen LogP contribution in [0.15, 0.2) is 65.6 Å². The number of aromatic nitrogens is 3. The standard InChI is InChI=1S/C26H21F4N5O2/c27-21-6-5-15(12-22-18-3-1-2-4-19(18)24(36)34-33-22)11-20(21)25(37)35-10-8-17(14-35)32-23-13-16(7-9-31-23)26(28,29)30/h1-7,9,11,13,17H,8,10,12,14H2,(H,31,32)(H,34,36). The van der Waals surface area contributed by atoms with E-state index in [-0.39, 0.29) is 35.9 Å². The Hall–Kier alpha value is -4.28. The van der Waals surface area contributed by atoms with Crippen LogP contribution in [-0.4, -0.2) is 45.1 Å². The van der Waals surface area contributed by atoms with Crippen LogP contribution in [0, 0.1) is 5.82 Å². The summed E-state index contributed by atoms with van der Waals surface area (Å²) in [6.45, 7) is 0.498. The van der Waals surface area contributed by atoms with Gasteiger partial charge in [-0.15, -0.1) is 0 Å². The van der Waals surface area contributed by atoms with Crippen LogP contribution in [0.4, 0.5) is 23.4 Å². The summed E-state index contributed by atoms with van der Waals surface area (Å²) in [5.41, 5.74) is -0.0220. The molecule has 190 valence electrons. The molecule has 0 aliphatic carbocycles. The van der Waals surface area contributed by atoms with Gasteiger partial charge >= 0.3 is 6.18 Å². The molecule has 11 heteroatoms. The van der Waals surface area contributed by atoms with Gasteiger partial charge in [-0.1, -0.05) is 24.3 Å². The number of fused-ring (bicyclic) bond motifs is 1. The topological polar surface area (TPSA) is 91.0 Å². The molecule has 2 aromatic carbocycles. The molecule has 1 atom stereocenters. The van der Waals surface area contributed by atoms with Gasteiger partial charge in [-0.25, -0.2) is 14.5 Å². The van der Waals surface area contributed by atoms with Crippen LogP contribution in [0.5, 0.6) is 0 Å². The molecule has 1 aliphatic heterocycles. The Balaban J connectivity index is 1.31. The number of hydrogen-bond donors (Lipinski definition) is 2. The lowest BCUT2D eigenvalue weighted by atomic mass is 10.0. The molecule has 1 fully saturated rings. The largest absolute Gasteiger partial charge is 0.416 e. The first-order valence-corrected chi connectivity index (χ1v) is 11.5. The fourth-order valence-corrected chi connectivity index (χ4v) is 4.47. The van der Waals surface area contributed by atoms with Crippen molar-refractivity contribution in [2.24, 2.45) is 0 Å². The molecule has 7 nitrogen and oxygen atoms in total. The Morgan fingerprint density at radius 3 is 2.68 bits per heavy atom. The first-order valence-electron chi connectivity index (χ1n) is 11.5. The van der Waals surface area contributed by atoms with Gasteiger partial charge in [-0.05, 0) is 42.3 Å². The Labute approximate surface area is 208 Å². The average molecular weight is 511 g/mol. The van der Waals surface area contributed by atoms with Gasteiger partial charge in [0.05, 0.1) is 22.2 Å². The van der Waals surface area contributed by atoms with Crippen LogP contribution in [0.2, 0.25) is 0 Å². The molecule has 0 saturated carbocycles. The highest BCUT2D eigenvalue weighted by Crippen LogP contribution is 2.30. The molecule has 4 aromatic rings. The lowest BCUT2D eigenvalue weighted by molar-refractivity contribution is -0.137. The molecule has 2 aromatic heterocycles. The molecule has 0 spiro atoms. The van der Waals surface area contributed by atoms with Crippen molar-refractivity contribution in [3.63, 3.8) is 0 Å².